The Bertz CT molecular complexity index is 1490. The molecule has 2 aromatic rings. The van der Waals surface area contributed by atoms with Gasteiger partial charge in [-0.1, -0.05) is 11.6 Å². The molecule has 10 nitrogen and oxygen atoms in total. The van der Waals surface area contributed by atoms with E-state index in [9.17, 15) is 41.4 Å². The SMILES string of the molecule is Cc1cc(C(F)(F)F)cc(N2C(=O)N(CC3(O)CCN(C(=O)OC(C)(C)C)C3)CC2C(=O)N(C)c2ccc(F)c(Cl)c2F)n1. The molecular formula is C28H31ClF5N5O5. The summed E-state index contributed by atoms with van der Waals surface area (Å²) in [6.07, 6.45) is -5.45. The molecule has 4 amide bonds. The first kappa shape index (κ1) is 33.2. The first-order valence-electron chi connectivity index (χ1n) is 13.5. The number of aryl methyl sites for hydroxylation is 1. The van der Waals surface area contributed by atoms with E-state index in [1.54, 1.807) is 20.8 Å². The number of urea groups is 1. The normalized spacial score (nSPS) is 20.9. The number of carbonyl (C=O) groups excluding carboxylic acids is 3. The van der Waals surface area contributed by atoms with Crippen molar-refractivity contribution in [2.24, 2.45) is 0 Å². The van der Waals surface area contributed by atoms with E-state index in [2.05, 4.69) is 4.98 Å². The summed E-state index contributed by atoms with van der Waals surface area (Å²) in [6.45, 7) is 5.35. The van der Waals surface area contributed by atoms with Gasteiger partial charge in [-0.05, 0) is 58.4 Å². The van der Waals surface area contributed by atoms with Gasteiger partial charge < -0.3 is 24.5 Å². The summed E-state index contributed by atoms with van der Waals surface area (Å²) in [5.74, 6) is -3.78. The van der Waals surface area contributed by atoms with Crippen molar-refractivity contribution in [1.29, 1.82) is 0 Å². The number of β-amino-alcohol motifs (C(OH)–C–C–N with tert-alkyl or cyclic N) is 1. The number of benzene rings is 1. The summed E-state index contributed by atoms with van der Waals surface area (Å²) in [5, 5.41) is 10.4. The molecule has 16 heteroatoms. The predicted molar refractivity (Wildman–Crippen MR) is 149 cm³/mol. The summed E-state index contributed by atoms with van der Waals surface area (Å²) >= 11 is 5.68. The Morgan fingerprint density at radius 3 is 2.48 bits per heavy atom. The lowest BCUT2D eigenvalue weighted by Crippen LogP contribution is -2.47. The molecule has 0 spiro atoms. The molecule has 2 saturated heterocycles. The minimum Gasteiger partial charge on any atom is -0.444 e. The Morgan fingerprint density at radius 1 is 1.20 bits per heavy atom. The number of rotatable bonds is 5. The second-order valence-electron chi connectivity index (χ2n) is 11.9. The minimum absolute atomic E-state index is 0.0365. The first-order chi connectivity index (χ1) is 20.2. The molecule has 1 aromatic heterocycles. The van der Waals surface area contributed by atoms with Crippen molar-refractivity contribution in [2.75, 3.05) is 43.0 Å². The average Bonchev–Trinajstić information content (AvgIpc) is 3.44. The fourth-order valence-electron chi connectivity index (χ4n) is 5.11. The molecular weight excluding hydrogens is 617 g/mol. The van der Waals surface area contributed by atoms with Crippen LogP contribution in [0, 0.1) is 18.6 Å². The number of amides is 4. The van der Waals surface area contributed by atoms with E-state index in [1.807, 2.05) is 0 Å². The van der Waals surface area contributed by atoms with Crippen molar-refractivity contribution in [2.45, 2.75) is 57.5 Å². The van der Waals surface area contributed by atoms with Crippen LogP contribution in [0.3, 0.4) is 0 Å². The lowest BCUT2D eigenvalue weighted by molar-refractivity contribution is -0.137. The number of halogens is 6. The van der Waals surface area contributed by atoms with Gasteiger partial charge in [-0.2, -0.15) is 13.2 Å². The summed E-state index contributed by atoms with van der Waals surface area (Å²) in [7, 11) is 1.13. The molecule has 240 valence electrons. The highest BCUT2D eigenvalue weighted by Gasteiger charge is 2.49. The fraction of sp³-hybridized carbons (Fsp3) is 0.500. The maximum atomic E-state index is 14.8. The Hall–Kier alpha value is -3.72. The third kappa shape index (κ3) is 6.83. The highest BCUT2D eigenvalue weighted by atomic mass is 35.5. The number of anilines is 2. The third-order valence-electron chi connectivity index (χ3n) is 7.16. The standard InChI is InChI=1S/C28H31ClF5N5O5/c1-15-10-16(28(32,33)34)11-20(35-15)39-19(23(40)36(5)18-7-6-17(30)21(29)22(18)31)12-38(24(39)41)14-27(43)8-9-37(13-27)25(42)44-26(2,3)4/h6-7,10-11,19,43H,8-9,12-14H2,1-5H3. The number of aromatic nitrogens is 1. The molecule has 0 bridgehead atoms. The maximum Gasteiger partial charge on any atom is 0.416 e. The zero-order valence-electron chi connectivity index (χ0n) is 24.5. The lowest BCUT2D eigenvalue weighted by Gasteiger charge is -2.29. The van der Waals surface area contributed by atoms with E-state index in [4.69, 9.17) is 16.3 Å². The Kier molecular flexibility index (Phi) is 8.79. The van der Waals surface area contributed by atoms with Crippen LogP contribution < -0.4 is 9.80 Å². The van der Waals surface area contributed by atoms with Crippen LogP contribution in [-0.4, -0.2) is 88.4 Å². The van der Waals surface area contributed by atoms with Crippen LogP contribution in [0.25, 0.3) is 0 Å². The summed E-state index contributed by atoms with van der Waals surface area (Å²) < 4.78 is 75.0. The van der Waals surface area contributed by atoms with Crippen LogP contribution in [0.2, 0.25) is 5.02 Å². The summed E-state index contributed by atoms with van der Waals surface area (Å²) in [6, 6.07) is 0.666. The number of nitrogens with zero attached hydrogens (tertiary/aromatic N) is 5. The Morgan fingerprint density at radius 2 is 1.86 bits per heavy atom. The van der Waals surface area contributed by atoms with Gasteiger partial charge in [-0.3, -0.25) is 9.69 Å². The van der Waals surface area contributed by atoms with E-state index < -0.39 is 88.3 Å². The molecule has 2 aliphatic rings. The lowest BCUT2D eigenvalue weighted by atomic mass is 10.0. The molecule has 2 fully saturated rings. The summed E-state index contributed by atoms with van der Waals surface area (Å²) in [4.78, 5) is 47.9. The minimum atomic E-state index is -4.81. The Labute approximate surface area is 254 Å². The van der Waals surface area contributed by atoms with Crippen molar-refractivity contribution >= 4 is 41.1 Å². The van der Waals surface area contributed by atoms with Crippen molar-refractivity contribution in [3.05, 3.63) is 52.2 Å². The van der Waals surface area contributed by atoms with Gasteiger partial charge in [0.1, 0.15) is 33.9 Å². The quantitative estimate of drug-likeness (QED) is 0.362. The van der Waals surface area contributed by atoms with Crippen LogP contribution in [0.15, 0.2) is 24.3 Å². The third-order valence-corrected chi connectivity index (χ3v) is 7.50. The van der Waals surface area contributed by atoms with E-state index in [-0.39, 0.29) is 25.2 Å². The number of alkyl halides is 3. The largest absolute Gasteiger partial charge is 0.444 e. The molecule has 2 unspecified atom stereocenters. The van der Waals surface area contributed by atoms with Crippen molar-refractivity contribution in [3.63, 3.8) is 0 Å². The molecule has 44 heavy (non-hydrogen) atoms. The molecule has 0 saturated carbocycles. The molecule has 2 aliphatic heterocycles. The molecule has 0 aliphatic carbocycles. The number of hydrogen-bond acceptors (Lipinski definition) is 6. The van der Waals surface area contributed by atoms with E-state index in [0.29, 0.717) is 6.07 Å². The Balaban J connectivity index is 1.68. The summed E-state index contributed by atoms with van der Waals surface area (Å²) in [5.41, 5.74) is -4.10. The zero-order valence-corrected chi connectivity index (χ0v) is 25.3. The van der Waals surface area contributed by atoms with Crippen LogP contribution in [0.4, 0.5) is 43.0 Å². The monoisotopic (exact) mass is 647 g/mol. The number of likely N-dealkylation sites (N-methyl/N-ethyl adjacent to an activating group) is 1. The number of hydrogen-bond donors (Lipinski definition) is 1. The van der Waals surface area contributed by atoms with Gasteiger partial charge in [0.2, 0.25) is 0 Å². The zero-order chi connectivity index (χ0) is 32.9. The van der Waals surface area contributed by atoms with Gasteiger partial charge in [0.05, 0.1) is 30.9 Å². The highest BCUT2D eigenvalue weighted by molar-refractivity contribution is 6.31. The molecule has 1 N–H and O–H groups in total. The molecule has 2 atom stereocenters. The smallest absolute Gasteiger partial charge is 0.416 e. The van der Waals surface area contributed by atoms with Crippen molar-refractivity contribution < 1.29 is 46.2 Å². The number of pyridine rings is 1. The number of ether oxygens (including phenoxy) is 1. The predicted octanol–water partition coefficient (Wildman–Crippen LogP) is 4.99. The number of carbonyl (C=O) groups is 3. The van der Waals surface area contributed by atoms with Gasteiger partial charge >= 0.3 is 18.3 Å². The topological polar surface area (TPSA) is 107 Å². The van der Waals surface area contributed by atoms with Gasteiger partial charge in [0.25, 0.3) is 5.91 Å². The van der Waals surface area contributed by atoms with Gasteiger partial charge in [0.15, 0.2) is 5.82 Å². The molecule has 3 heterocycles. The van der Waals surface area contributed by atoms with Crippen LogP contribution in [-0.2, 0) is 15.7 Å². The molecule has 4 rings (SSSR count). The van der Waals surface area contributed by atoms with E-state index >= 15 is 0 Å². The van der Waals surface area contributed by atoms with Crippen LogP contribution >= 0.6 is 11.6 Å². The van der Waals surface area contributed by atoms with Gasteiger partial charge in [0, 0.05) is 19.3 Å². The van der Waals surface area contributed by atoms with E-state index in [0.717, 1.165) is 39.9 Å². The second-order valence-corrected chi connectivity index (χ2v) is 12.2. The fourth-order valence-corrected chi connectivity index (χ4v) is 5.27. The van der Waals surface area contributed by atoms with Crippen LogP contribution in [0.1, 0.15) is 38.4 Å². The first-order valence-corrected chi connectivity index (χ1v) is 13.8. The molecule has 1 aromatic carbocycles. The molecule has 0 radical (unpaired) electrons. The van der Waals surface area contributed by atoms with Crippen LogP contribution in [0.5, 0.6) is 0 Å². The number of likely N-dealkylation sites (tertiary alicyclic amines) is 1. The van der Waals surface area contributed by atoms with Crippen molar-refractivity contribution in [1.82, 2.24) is 14.8 Å². The average molecular weight is 648 g/mol. The number of aliphatic hydroxyl groups is 1. The van der Waals surface area contributed by atoms with Crippen molar-refractivity contribution in [3.8, 4) is 0 Å². The van der Waals surface area contributed by atoms with Gasteiger partial charge in [-0.25, -0.2) is 23.4 Å². The van der Waals surface area contributed by atoms with Gasteiger partial charge in [-0.15, -0.1) is 0 Å². The van der Waals surface area contributed by atoms with E-state index in [1.165, 1.54) is 11.8 Å². The highest BCUT2D eigenvalue weighted by Crippen LogP contribution is 2.36. The maximum absolute atomic E-state index is 14.8. The second kappa shape index (κ2) is 11.7.